The summed E-state index contributed by atoms with van der Waals surface area (Å²) in [4.78, 5) is 15.0. The summed E-state index contributed by atoms with van der Waals surface area (Å²) in [6.07, 6.45) is 1.94. The Kier molecular flexibility index (Phi) is 4.77. The first-order chi connectivity index (χ1) is 11.6. The molecular formula is C19H21ClN2O3. The molecular weight excluding hydrogens is 340 g/mol. The first-order valence-electron chi connectivity index (χ1n) is 8.20. The molecule has 0 spiro atoms. The largest absolute Gasteiger partial charge is 0.454 e. The number of rotatable bonds is 2. The van der Waals surface area contributed by atoms with E-state index in [4.69, 9.17) is 15.2 Å². The molecule has 1 atom stereocenters. The molecule has 1 saturated heterocycles. The molecule has 0 bridgehead atoms. The molecule has 2 aliphatic heterocycles. The number of likely N-dealkylation sites (tertiary alicyclic amines) is 1. The van der Waals surface area contributed by atoms with Gasteiger partial charge >= 0.3 is 0 Å². The van der Waals surface area contributed by atoms with E-state index in [1.807, 2.05) is 42.2 Å². The van der Waals surface area contributed by atoms with Crippen LogP contribution in [0.2, 0.25) is 0 Å². The van der Waals surface area contributed by atoms with Gasteiger partial charge in [0.1, 0.15) is 0 Å². The minimum absolute atomic E-state index is 0. The van der Waals surface area contributed by atoms with Gasteiger partial charge in [-0.3, -0.25) is 4.79 Å². The molecule has 6 heteroatoms. The molecule has 1 unspecified atom stereocenters. The van der Waals surface area contributed by atoms with Crippen LogP contribution in [0.3, 0.4) is 0 Å². The number of aryl methyl sites for hydroxylation is 1. The summed E-state index contributed by atoms with van der Waals surface area (Å²) in [5, 5.41) is 0. The van der Waals surface area contributed by atoms with E-state index in [-0.39, 0.29) is 31.1 Å². The van der Waals surface area contributed by atoms with Crippen LogP contribution in [-0.2, 0) is 0 Å². The van der Waals surface area contributed by atoms with E-state index in [9.17, 15) is 4.79 Å². The van der Waals surface area contributed by atoms with Crippen LogP contribution in [0.15, 0.2) is 36.4 Å². The molecule has 2 aliphatic rings. The maximum absolute atomic E-state index is 13.1. The van der Waals surface area contributed by atoms with Crippen molar-refractivity contribution in [1.82, 2.24) is 4.90 Å². The van der Waals surface area contributed by atoms with Crippen LogP contribution in [0.5, 0.6) is 11.5 Å². The second-order valence-corrected chi connectivity index (χ2v) is 6.34. The van der Waals surface area contributed by atoms with Gasteiger partial charge in [0, 0.05) is 17.8 Å². The molecule has 25 heavy (non-hydrogen) atoms. The number of benzene rings is 2. The van der Waals surface area contributed by atoms with Crippen molar-refractivity contribution < 1.29 is 14.3 Å². The number of carbonyl (C=O) groups is 1. The predicted molar refractivity (Wildman–Crippen MR) is 98.4 cm³/mol. The first kappa shape index (κ1) is 17.4. The number of fused-ring (bicyclic) bond motifs is 1. The second-order valence-electron chi connectivity index (χ2n) is 6.34. The summed E-state index contributed by atoms with van der Waals surface area (Å²) < 4.78 is 10.8. The third-order valence-corrected chi connectivity index (χ3v) is 4.79. The summed E-state index contributed by atoms with van der Waals surface area (Å²) in [5.41, 5.74) is 9.21. The molecule has 2 aromatic rings. The molecule has 132 valence electrons. The highest BCUT2D eigenvalue weighted by atomic mass is 35.5. The average molecular weight is 361 g/mol. The van der Waals surface area contributed by atoms with Gasteiger partial charge in [-0.1, -0.05) is 12.1 Å². The lowest BCUT2D eigenvalue weighted by Crippen LogP contribution is -2.31. The van der Waals surface area contributed by atoms with Crippen molar-refractivity contribution >= 4 is 24.0 Å². The number of anilines is 1. The Bertz CT molecular complexity index is 809. The fourth-order valence-corrected chi connectivity index (χ4v) is 3.50. The number of hydrogen-bond donors (Lipinski definition) is 1. The van der Waals surface area contributed by atoms with Gasteiger partial charge in [0.15, 0.2) is 11.5 Å². The molecule has 0 saturated carbocycles. The molecule has 2 N–H and O–H groups in total. The lowest BCUT2D eigenvalue weighted by atomic mass is 10.0. The van der Waals surface area contributed by atoms with Gasteiger partial charge < -0.3 is 20.1 Å². The van der Waals surface area contributed by atoms with Crippen LogP contribution in [0.1, 0.15) is 40.4 Å². The Morgan fingerprint density at radius 1 is 1.16 bits per heavy atom. The Labute approximate surface area is 153 Å². The topological polar surface area (TPSA) is 64.8 Å². The quantitative estimate of drug-likeness (QED) is 0.829. The van der Waals surface area contributed by atoms with Gasteiger partial charge in [0.25, 0.3) is 5.91 Å². The second kappa shape index (κ2) is 6.84. The van der Waals surface area contributed by atoms with Crippen molar-refractivity contribution in [3.8, 4) is 11.5 Å². The van der Waals surface area contributed by atoms with Crippen molar-refractivity contribution in [2.45, 2.75) is 25.8 Å². The van der Waals surface area contributed by atoms with Gasteiger partial charge in [-0.15, -0.1) is 12.4 Å². The number of carbonyl (C=O) groups excluding carboxylic acids is 1. The fraction of sp³-hybridized carbons (Fsp3) is 0.316. The lowest BCUT2D eigenvalue weighted by molar-refractivity contribution is 0.0734. The van der Waals surface area contributed by atoms with Crippen LogP contribution in [0.25, 0.3) is 0 Å². The number of hydrogen-bond acceptors (Lipinski definition) is 4. The smallest absolute Gasteiger partial charge is 0.254 e. The molecule has 5 nitrogen and oxygen atoms in total. The van der Waals surface area contributed by atoms with E-state index in [0.717, 1.165) is 42.0 Å². The zero-order valence-corrected chi connectivity index (χ0v) is 14.8. The Morgan fingerprint density at radius 2 is 1.96 bits per heavy atom. The lowest BCUT2D eigenvalue weighted by Gasteiger charge is -2.26. The van der Waals surface area contributed by atoms with E-state index in [1.165, 1.54) is 0 Å². The van der Waals surface area contributed by atoms with Crippen molar-refractivity contribution in [1.29, 1.82) is 0 Å². The standard InChI is InChI=1S/C19H20N2O3.ClH/c1-12-4-6-14(20)10-15(12)19(22)21-8-2-3-16(21)13-5-7-17-18(9-13)24-11-23-17;/h4-7,9-10,16H,2-3,8,11,20H2,1H3;1H. The number of amides is 1. The predicted octanol–water partition coefficient (Wildman–Crippen LogP) is 3.71. The van der Waals surface area contributed by atoms with Gasteiger partial charge in [-0.05, 0) is 55.2 Å². The first-order valence-corrected chi connectivity index (χ1v) is 8.20. The van der Waals surface area contributed by atoms with Crippen molar-refractivity contribution in [3.63, 3.8) is 0 Å². The van der Waals surface area contributed by atoms with Crippen LogP contribution in [-0.4, -0.2) is 24.1 Å². The monoisotopic (exact) mass is 360 g/mol. The number of halogens is 1. The third kappa shape index (κ3) is 3.12. The molecule has 1 fully saturated rings. The van der Waals surface area contributed by atoms with E-state index >= 15 is 0 Å². The van der Waals surface area contributed by atoms with E-state index in [0.29, 0.717) is 11.3 Å². The van der Waals surface area contributed by atoms with Gasteiger partial charge in [0.05, 0.1) is 6.04 Å². The maximum atomic E-state index is 13.1. The van der Waals surface area contributed by atoms with E-state index in [1.54, 1.807) is 6.07 Å². The molecule has 2 heterocycles. The van der Waals surface area contributed by atoms with Crippen LogP contribution >= 0.6 is 12.4 Å². The Hall–Kier alpha value is -2.40. The summed E-state index contributed by atoms with van der Waals surface area (Å²) in [6.45, 7) is 2.96. The highest BCUT2D eigenvalue weighted by molar-refractivity contribution is 5.97. The maximum Gasteiger partial charge on any atom is 0.254 e. The molecule has 0 aromatic heterocycles. The Balaban J connectivity index is 0.00000182. The van der Waals surface area contributed by atoms with Crippen LogP contribution in [0, 0.1) is 6.92 Å². The summed E-state index contributed by atoms with van der Waals surface area (Å²) in [7, 11) is 0. The highest BCUT2D eigenvalue weighted by Gasteiger charge is 2.32. The number of nitrogen functional groups attached to an aromatic ring is 1. The summed E-state index contributed by atoms with van der Waals surface area (Å²) in [5.74, 6) is 1.56. The van der Waals surface area contributed by atoms with Crippen LogP contribution in [0.4, 0.5) is 5.69 Å². The van der Waals surface area contributed by atoms with Crippen molar-refractivity contribution in [2.75, 3.05) is 19.1 Å². The summed E-state index contributed by atoms with van der Waals surface area (Å²) in [6, 6.07) is 11.5. The zero-order chi connectivity index (χ0) is 16.7. The van der Waals surface area contributed by atoms with Crippen LogP contribution < -0.4 is 15.2 Å². The molecule has 0 radical (unpaired) electrons. The minimum Gasteiger partial charge on any atom is -0.454 e. The fourth-order valence-electron chi connectivity index (χ4n) is 3.50. The van der Waals surface area contributed by atoms with Gasteiger partial charge in [-0.2, -0.15) is 0 Å². The zero-order valence-electron chi connectivity index (χ0n) is 14.0. The van der Waals surface area contributed by atoms with E-state index in [2.05, 4.69) is 0 Å². The van der Waals surface area contributed by atoms with Crippen molar-refractivity contribution in [3.05, 3.63) is 53.1 Å². The number of ether oxygens (including phenoxy) is 2. The minimum atomic E-state index is 0. The van der Waals surface area contributed by atoms with Crippen molar-refractivity contribution in [2.24, 2.45) is 0 Å². The molecule has 4 rings (SSSR count). The molecule has 1 amide bonds. The normalized spacial score (nSPS) is 18.1. The SMILES string of the molecule is Cc1ccc(N)cc1C(=O)N1CCCC1c1ccc2c(c1)OCO2.Cl. The Morgan fingerprint density at radius 3 is 2.80 bits per heavy atom. The van der Waals surface area contributed by atoms with Gasteiger partial charge in [0.2, 0.25) is 6.79 Å². The highest BCUT2D eigenvalue weighted by Crippen LogP contribution is 2.39. The number of nitrogens with zero attached hydrogens (tertiary/aromatic N) is 1. The average Bonchev–Trinajstić information content (AvgIpc) is 3.24. The van der Waals surface area contributed by atoms with Gasteiger partial charge in [-0.25, -0.2) is 0 Å². The number of nitrogens with two attached hydrogens (primary N) is 1. The third-order valence-electron chi connectivity index (χ3n) is 4.79. The molecule has 0 aliphatic carbocycles. The van der Waals surface area contributed by atoms with E-state index < -0.39 is 0 Å². The molecule has 2 aromatic carbocycles. The summed E-state index contributed by atoms with van der Waals surface area (Å²) >= 11 is 0.